The van der Waals surface area contributed by atoms with E-state index in [9.17, 15) is 24.3 Å². The summed E-state index contributed by atoms with van der Waals surface area (Å²) in [5.41, 5.74) is 2.04. The number of hydrogen-bond acceptors (Lipinski definition) is 9. The van der Waals surface area contributed by atoms with Gasteiger partial charge in [0.1, 0.15) is 17.6 Å². The summed E-state index contributed by atoms with van der Waals surface area (Å²) in [6.07, 6.45) is 1.22. The number of ether oxygens (including phenoxy) is 2. The number of carboxylic acids is 4. The highest BCUT2D eigenvalue weighted by molar-refractivity contribution is 5.90. The first-order valence-electron chi connectivity index (χ1n) is 12.7. The fourth-order valence-corrected chi connectivity index (χ4v) is 4.24. The molecule has 0 amide bonds. The van der Waals surface area contributed by atoms with Crippen LogP contribution in [0.1, 0.15) is 23.3 Å². The van der Waals surface area contributed by atoms with E-state index in [1.165, 1.54) is 0 Å². The molecular weight excluding hydrogens is 552 g/mol. The van der Waals surface area contributed by atoms with E-state index in [1.54, 1.807) is 7.11 Å². The summed E-state index contributed by atoms with van der Waals surface area (Å²) in [5.74, 6) is -3.36. The lowest BCUT2D eigenvalue weighted by Crippen LogP contribution is -2.51. The summed E-state index contributed by atoms with van der Waals surface area (Å²) in [6, 6.07) is 15.8. The molecule has 13 heteroatoms. The zero-order valence-corrected chi connectivity index (χ0v) is 23.1. The van der Waals surface area contributed by atoms with E-state index < -0.39 is 30.0 Å². The summed E-state index contributed by atoms with van der Waals surface area (Å²) in [5, 5.41) is 42.5. The molecule has 3 atom stereocenters. The molecular formula is C29H34N2O11. The van der Waals surface area contributed by atoms with Gasteiger partial charge in [-0.2, -0.15) is 0 Å². The number of fused-ring (bicyclic) bond motifs is 1. The summed E-state index contributed by atoms with van der Waals surface area (Å²) in [7, 11) is 3.80. The van der Waals surface area contributed by atoms with Crippen LogP contribution >= 0.6 is 0 Å². The Morgan fingerprint density at radius 3 is 1.71 bits per heavy atom. The quantitative estimate of drug-likeness (QED) is 0.296. The Morgan fingerprint density at radius 2 is 1.26 bits per heavy atom. The van der Waals surface area contributed by atoms with E-state index in [1.807, 2.05) is 42.5 Å². The van der Waals surface area contributed by atoms with Crippen LogP contribution in [-0.2, 0) is 19.2 Å². The lowest BCUT2D eigenvalue weighted by Gasteiger charge is -2.45. The van der Waals surface area contributed by atoms with Gasteiger partial charge in [-0.25, -0.2) is 19.2 Å². The molecule has 0 radical (unpaired) electrons. The van der Waals surface area contributed by atoms with Gasteiger partial charge >= 0.3 is 23.9 Å². The van der Waals surface area contributed by atoms with Gasteiger partial charge in [0.2, 0.25) is 0 Å². The Balaban J connectivity index is 0.000000319. The van der Waals surface area contributed by atoms with Gasteiger partial charge < -0.3 is 39.9 Å². The minimum Gasteiger partial charge on any atom is -0.497 e. The Morgan fingerprint density at radius 1 is 0.786 bits per heavy atom. The predicted molar refractivity (Wildman–Crippen MR) is 149 cm³/mol. The zero-order valence-electron chi connectivity index (χ0n) is 23.1. The van der Waals surface area contributed by atoms with Crippen molar-refractivity contribution >= 4 is 23.9 Å². The highest BCUT2D eigenvalue weighted by atomic mass is 16.5. The third-order valence-corrected chi connectivity index (χ3v) is 6.24. The molecule has 2 aliphatic rings. The molecule has 1 saturated heterocycles. The maximum absolute atomic E-state index is 11.3. The van der Waals surface area contributed by atoms with Gasteiger partial charge in [-0.3, -0.25) is 4.90 Å². The molecule has 4 rings (SSSR count). The molecule has 2 aromatic carbocycles. The predicted octanol–water partition coefficient (Wildman–Crippen LogP) is 1.90. The van der Waals surface area contributed by atoms with Gasteiger partial charge in [0.05, 0.1) is 13.2 Å². The van der Waals surface area contributed by atoms with E-state index in [-0.39, 0.29) is 12.1 Å². The standard InChI is InChI=1S/C21H26N2O3.2C4H4O4/c1-22-11-13-23(14-12-22)19-17-5-3-4-6-18(17)26-21(20(19)24)15-7-9-16(25-2)10-8-15;2*5-3(6)1-2-4(7)8/h3-10,19-21,24H,11-14H2,1-2H3;2*1-2H,(H,5,6)(H,7,8)/b;2*2-1-/t19-,20+,21+;;/m0../s1. The number of aliphatic hydroxyl groups excluding tert-OH is 1. The number of aliphatic carboxylic acids is 4. The van der Waals surface area contributed by atoms with Gasteiger partial charge in [-0.15, -0.1) is 0 Å². The van der Waals surface area contributed by atoms with Crippen molar-refractivity contribution in [2.75, 3.05) is 40.3 Å². The van der Waals surface area contributed by atoms with E-state index in [2.05, 4.69) is 22.9 Å². The molecule has 226 valence electrons. The van der Waals surface area contributed by atoms with Gasteiger partial charge in [0, 0.05) is 56.0 Å². The lowest BCUT2D eigenvalue weighted by atomic mass is 9.88. The topological polar surface area (TPSA) is 194 Å². The summed E-state index contributed by atoms with van der Waals surface area (Å²) < 4.78 is 11.5. The Labute approximate surface area is 242 Å². The molecule has 0 aromatic heterocycles. The second-order valence-electron chi connectivity index (χ2n) is 9.14. The van der Waals surface area contributed by atoms with Crippen molar-refractivity contribution in [3.63, 3.8) is 0 Å². The van der Waals surface area contributed by atoms with Crippen LogP contribution in [0.3, 0.4) is 0 Å². The first-order chi connectivity index (χ1) is 19.9. The minimum absolute atomic E-state index is 0.0549. The van der Waals surface area contributed by atoms with Crippen molar-refractivity contribution in [1.82, 2.24) is 9.80 Å². The number of nitrogens with zero attached hydrogens (tertiary/aromatic N) is 2. The van der Waals surface area contributed by atoms with Gasteiger partial charge in [-0.05, 0) is 30.8 Å². The third-order valence-electron chi connectivity index (χ3n) is 6.24. The second kappa shape index (κ2) is 16.5. The SMILES string of the molecule is COc1ccc([C@H]2Oc3ccccc3[C@H](N3CCN(C)CC3)[C@H]2O)cc1.O=C(O)/C=C\C(=O)O.O=C(O)/C=C\C(=O)O. The molecule has 2 heterocycles. The molecule has 1 fully saturated rings. The number of benzene rings is 2. The molecule has 2 aliphatic heterocycles. The average Bonchev–Trinajstić information content (AvgIpc) is 2.96. The van der Waals surface area contributed by atoms with Crippen molar-refractivity contribution in [2.45, 2.75) is 18.2 Å². The van der Waals surface area contributed by atoms with Crippen LogP contribution in [0.2, 0.25) is 0 Å². The van der Waals surface area contributed by atoms with Crippen molar-refractivity contribution in [1.29, 1.82) is 0 Å². The van der Waals surface area contributed by atoms with Crippen LogP contribution in [-0.4, -0.2) is 106 Å². The maximum atomic E-state index is 11.3. The first kappa shape index (κ1) is 33.5. The smallest absolute Gasteiger partial charge is 0.328 e. The van der Waals surface area contributed by atoms with Crippen molar-refractivity contribution < 1.29 is 54.2 Å². The number of rotatable bonds is 7. The number of likely N-dealkylation sites (N-methyl/N-ethyl adjacent to an activating group) is 1. The molecule has 0 saturated carbocycles. The Hall–Kier alpha value is -4.72. The van der Waals surface area contributed by atoms with Crippen LogP contribution < -0.4 is 9.47 Å². The minimum atomic E-state index is -1.26. The largest absolute Gasteiger partial charge is 0.497 e. The lowest BCUT2D eigenvalue weighted by molar-refractivity contribution is -0.134. The Bertz CT molecular complexity index is 1200. The molecule has 42 heavy (non-hydrogen) atoms. The second-order valence-corrected chi connectivity index (χ2v) is 9.14. The summed E-state index contributed by atoms with van der Waals surface area (Å²) >= 11 is 0. The van der Waals surface area contributed by atoms with Gasteiger partial charge in [-0.1, -0.05) is 30.3 Å². The average molecular weight is 587 g/mol. The van der Waals surface area contributed by atoms with Gasteiger partial charge in [0.15, 0.2) is 6.10 Å². The number of carboxylic acid groups (broad SMARTS) is 4. The number of piperazine rings is 1. The van der Waals surface area contributed by atoms with Crippen LogP contribution in [0, 0.1) is 0 Å². The summed E-state index contributed by atoms with van der Waals surface area (Å²) in [4.78, 5) is 42.9. The Kier molecular flexibility index (Phi) is 13.2. The van der Waals surface area contributed by atoms with Crippen LogP contribution in [0.4, 0.5) is 0 Å². The number of aliphatic hydroxyl groups is 1. The monoisotopic (exact) mass is 586 g/mol. The zero-order chi connectivity index (χ0) is 31.2. The number of carbonyl (C=O) groups is 4. The fraction of sp³-hybridized carbons (Fsp3) is 0.310. The molecule has 0 aliphatic carbocycles. The molecule has 0 bridgehead atoms. The van der Waals surface area contributed by atoms with Crippen molar-refractivity contribution in [3.05, 3.63) is 84.0 Å². The van der Waals surface area contributed by atoms with E-state index >= 15 is 0 Å². The van der Waals surface area contributed by atoms with E-state index in [0.29, 0.717) is 24.3 Å². The van der Waals surface area contributed by atoms with Crippen molar-refractivity contribution in [2.24, 2.45) is 0 Å². The molecule has 0 unspecified atom stereocenters. The van der Waals surface area contributed by atoms with Crippen molar-refractivity contribution in [3.8, 4) is 11.5 Å². The van der Waals surface area contributed by atoms with Gasteiger partial charge in [0.25, 0.3) is 0 Å². The summed E-state index contributed by atoms with van der Waals surface area (Å²) in [6.45, 7) is 3.92. The molecule has 2 aromatic rings. The third kappa shape index (κ3) is 10.7. The number of para-hydroxylation sites is 1. The number of methoxy groups -OCH3 is 1. The highest BCUT2D eigenvalue weighted by Gasteiger charge is 2.41. The number of hydrogen-bond donors (Lipinski definition) is 5. The molecule has 5 N–H and O–H groups in total. The van der Waals surface area contributed by atoms with E-state index in [0.717, 1.165) is 48.8 Å². The fourth-order valence-electron chi connectivity index (χ4n) is 4.24. The van der Waals surface area contributed by atoms with Crippen LogP contribution in [0.15, 0.2) is 72.8 Å². The highest BCUT2D eigenvalue weighted by Crippen LogP contribution is 2.44. The molecule has 13 nitrogen and oxygen atoms in total. The first-order valence-corrected chi connectivity index (χ1v) is 12.7. The molecule has 0 spiro atoms. The maximum Gasteiger partial charge on any atom is 0.328 e. The van der Waals surface area contributed by atoms with E-state index in [4.69, 9.17) is 29.9 Å². The normalized spacial score (nSPS) is 20.2. The van der Waals surface area contributed by atoms with Crippen LogP contribution in [0.25, 0.3) is 0 Å². The van der Waals surface area contributed by atoms with Crippen LogP contribution in [0.5, 0.6) is 11.5 Å².